The Morgan fingerprint density at radius 1 is 1.47 bits per heavy atom. The van der Waals surface area contributed by atoms with Crippen molar-refractivity contribution in [2.75, 3.05) is 6.61 Å². The Labute approximate surface area is 108 Å². The van der Waals surface area contributed by atoms with Crippen LogP contribution in [0.5, 0.6) is 0 Å². The van der Waals surface area contributed by atoms with Crippen molar-refractivity contribution < 1.29 is 4.74 Å². The number of nitrogens with two attached hydrogens (primary N) is 1. The summed E-state index contributed by atoms with van der Waals surface area (Å²) in [6.45, 7) is 5.18. The maximum Gasteiger partial charge on any atom is 0.0669 e. The minimum atomic E-state index is 0.149. The predicted molar refractivity (Wildman–Crippen MR) is 73.3 cm³/mol. The van der Waals surface area contributed by atoms with Crippen LogP contribution < -0.4 is 5.73 Å². The van der Waals surface area contributed by atoms with E-state index in [4.69, 9.17) is 10.5 Å². The second-order valence-corrected chi connectivity index (χ2v) is 5.85. The Kier molecular flexibility index (Phi) is 4.48. The smallest absolute Gasteiger partial charge is 0.0669 e. The lowest BCUT2D eigenvalue weighted by Gasteiger charge is -2.18. The SMILES string of the molecule is CC[C@@H](N)c1ccccc1SC1CCOC1C. The number of ether oxygens (including phenoxy) is 1. The molecule has 1 saturated heterocycles. The molecular weight excluding hydrogens is 230 g/mol. The van der Waals surface area contributed by atoms with Crippen molar-refractivity contribution in [3.8, 4) is 0 Å². The van der Waals surface area contributed by atoms with Gasteiger partial charge in [0.2, 0.25) is 0 Å². The van der Waals surface area contributed by atoms with Gasteiger partial charge in [0.15, 0.2) is 0 Å². The summed E-state index contributed by atoms with van der Waals surface area (Å²) in [6.07, 6.45) is 2.47. The quantitative estimate of drug-likeness (QED) is 0.891. The minimum Gasteiger partial charge on any atom is -0.377 e. The third-order valence-electron chi connectivity index (χ3n) is 3.34. The molecule has 0 bridgehead atoms. The monoisotopic (exact) mass is 251 g/mol. The van der Waals surface area contributed by atoms with Crippen LogP contribution in [0.1, 0.15) is 38.3 Å². The van der Waals surface area contributed by atoms with Gasteiger partial charge in [0.25, 0.3) is 0 Å². The maximum atomic E-state index is 6.16. The number of hydrogen-bond acceptors (Lipinski definition) is 3. The van der Waals surface area contributed by atoms with Crippen LogP contribution in [0.4, 0.5) is 0 Å². The van der Waals surface area contributed by atoms with Crippen LogP contribution in [0.3, 0.4) is 0 Å². The fraction of sp³-hybridized carbons (Fsp3) is 0.571. The van der Waals surface area contributed by atoms with Gasteiger partial charge in [-0.1, -0.05) is 25.1 Å². The molecule has 0 saturated carbocycles. The second kappa shape index (κ2) is 5.89. The molecule has 0 spiro atoms. The van der Waals surface area contributed by atoms with Crippen LogP contribution in [-0.2, 0) is 4.74 Å². The highest BCUT2D eigenvalue weighted by atomic mass is 32.2. The molecule has 0 aliphatic carbocycles. The van der Waals surface area contributed by atoms with Crippen molar-refractivity contribution in [1.29, 1.82) is 0 Å². The van der Waals surface area contributed by atoms with Gasteiger partial charge in [-0.2, -0.15) is 0 Å². The van der Waals surface area contributed by atoms with Crippen LogP contribution in [0, 0.1) is 0 Å². The molecule has 1 aliphatic heterocycles. The van der Waals surface area contributed by atoms with E-state index in [0.29, 0.717) is 11.4 Å². The van der Waals surface area contributed by atoms with E-state index in [-0.39, 0.29) is 6.04 Å². The molecule has 1 fully saturated rings. The normalized spacial score (nSPS) is 26.1. The van der Waals surface area contributed by atoms with E-state index >= 15 is 0 Å². The molecular formula is C14H21NOS. The number of hydrogen-bond donors (Lipinski definition) is 1. The van der Waals surface area contributed by atoms with E-state index in [9.17, 15) is 0 Å². The Hall–Kier alpha value is -0.510. The predicted octanol–water partition coefficient (Wildman–Crippen LogP) is 3.37. The summed E-state index contributed by atoms with van der Waals surface area (Å²) < 4.78 is 5.61. The van der Waals surface area contributed by atoms with Crippen molar-refractivity contribution in [2.24, 2.45) is 5.73 Å². The Balaban J connectivity index is 2.14. The molecule has 2 nitrogen and oxygen atoms in total. The summed E-state index contributed by atoms with van der Waals surface area (Å²) >= 11 is 1.92. The lowest BCUT2D eigenvalue weighted by molar-refractivity contribution is 0.127. The van der Waals surface area contributed by atoms with Crippen molar-refractivity contribution in [3.63, 3.8) is 0 Å². The summed E-state index contributed by atoms with van der Waals surface area (Å²) in [6, 6.07) is 8.65. The topological polar surface area (TPSA) is 35.2 Å². The van der Waals surface area contributed by atoms with Crippen LogP contribution >= 0.6 is 11.8 Å². The summed E-state index contributed by atoms with van der Waals surface area (Å²) in [7, 11) is 0. The van der Waals surface area contributed by atoms with Crippen LogP contribution in [0.15, 0.2) is 29.2 Å². The molecule has 3 atom stereocenters. The molecule has 1 aromatic carbocycles. The molecule has 17 heavy (non-hydrogen) atoms. The first-order valence-electron chi connectivity index (χ1n) is 6.35. The highest BCUT2D eigenvalue weighted by molar-refractivity contribution is 8.00. The molecule has 2 unspecified atom stereocenters. The van der Waals surface area contributed by atoms with E-state index in [1.54, 1.807) is 0 Å². The van der Waals surface area contributed by atoms with Crippen LogP contribution in [0.2, 0.25) is 0 Å². The van der Waals surface area contributed by atoms with Gasteiger partial charge in [0.05, 0.1) is 6.10 Å². The van der Waals surface area contributed by atoms with Crippen LogP contribution in [0.25, 0.3) is 0 Å². The average Bonchev–Trinajstić information content (AvgIpc) is 2.75. The number of benzene rings is 1. The van der Waals surface area contributed by atoms with E-state index in [2.05, 4.69) is 38.1 Å². The van der Waals surface area contributed by atoms with E-state index in [0.717, 1.165) is 19.4 Å². The molecule has 1 aromatic rings. The lowest BCUT2D eigenvalue weighted by Crippen LogP contribution is -2.15. The van der Waals surface area contributed by atoms with E-state index in [1.807, 2.05) is 11.8 Å². The molecule has 94 valence electrons. The summed E-state index contributed by atoms with van der Waals surface area (Å²) in [5, 5.41) is 0.570. The fourth-order valence-corrected chi connectivity index (χ4v) is 3.47. The van der Waals surface area contributed by atoms with E-state index < -0.39 is 0 Å². The van der Waals surface area contributed by atoms with Gasteiger partial charge in [-0.25, -0.2) is 0 Å². The molecule has 2 rings (SSSR count). The van der Waals surface area contributed by atoms with Gasteiger partial charge in [-0.3, -0.25) is 0 Å². The molecule has 2 N–H and O–H groups in total. The standard InChI is InChI=1S/C14H21NOS/c1-3-12(15)11-6-4-5-7-14(11)17-13-8-9-16-10(13)2/h4-7,10,12-13H,3,8-9,15H2,1-2H3/t10?,12-,13?/m1/s1. The lowest BCUT2D eigenvalue weighted by atomic mass is 10.1. The molecule has 0 amide bonds. The highest BCUT2D eigenvalue weighted by Crippen LogP contribution is 2.36. The van der Waals surface area contributed by atoms with E-state index in [1.165, 1.54) is 10.5 Å². The van der Waals surface area contributed by atoms with Gasteiger partial charge >= 0.3 is 0 Å². The van der Waals surface area contributed by atoms with Gasteiger partial charge in [-0.05, 0) is 31.4 Å². The van der Waals surface area contributed by atoms with Crippen molar-refractivity contribution >= 4 is 11.8 Å². The van der Waals surface area contributed by atoms with Crippen molar-refractivity contribution in [3.05, 3.63) is 29.8 Å². The summed E-state index contributed by atoms with van der Waals surface area (Å²) in [5.41, 5.74) is 7.44. The van der Waals surface area contributed by atoms with Crippen molar-refractivity contribution in [1.82, 2.24) is 0 Å². The summed E-state index contributed by atoms with van der Waals surface area (Å²) in [4.78, 5) is 1.32. The molecule has 0 radical (unpaired) electrons. The van der Waals surface area contributed by atoms with Crippen molar-refractivity contribution in [2.45, 2.75) is 49.0 Å². The Bertz CT molecular complexity index is 369. The third-order valence-corrected chi connectivity index (χ3v) is 4.89. The number of rotatable bonds is 4. The maximum absolute atomic E-state index is 6.16. The first-order chi connectivity index (χ1) is 8.22. The highest BCUT2D eigenvalue weighted by Gasteiger charge is 2.26. The largest absolute Gasteiger partial charge is 0.377 e. The van der Waals surface area contributed by atoms with Gasteiger partial charge in [0, 0.05) is 22.8 Å². The summed E-state index contributed by atoms with van der Waals surface area (Å²) in [5.74, 6) is 0. The second-order valence-electron chi connectivity index (χ2n) is 4.57. The Morgan fingerprint density at radius 3 is 2.88 bits per heavy atom. The third kappa shape index (κ3) is 3.03. The first kappa shape index (κ1) is 12.9. The fourth-order valence-electron chi connectivity index (χ4n) is 2.14. The Morgan fingerprint density at radius 2 is 2.24 bits per heavy atom. The van der Waals surface area contributed by atoms with Gasteiger partial charge < -0.3 is 10.5 Å². The molecule has 1 aliphatic rings. The first-order valence-corrected chi connectivity index (χ1v) is 7.23. The number of thioether (sulfide) groups is 1. The molecule has 3 heteroatoms. The molecule has 1 heterocycles. The van der Waals surface area contributed by atoms with Gasteiger partial charge in [-0.15, -0.1) is 11.8 Å². The average molecular weight is 251 g/mol. The minimum absolute atomic E-state index is 0.149. The zero-order valence-electron chi connectivity index (χ0n) is 10.6. The van der Waals surface area contributed by atoms with Gasteiger partial charge in [0.1, 0.15) is 0 Å². The zero-order valence-corrected chi connectivity index (χ0v) is 11.4. The molecule has 0 aromatic heterocycles. The zero-order chi connectivity index (χ0) is 12.3. The van der Waals surface area contributed by atoms with Crippen LogP contribution in [-0.4, -0.2) is 18.0 Å².